The van der Waals surface area contributed by atoms with Gasteiger partial charge in [0.25, 0.3) is 0 Å². The average Bonchev–Trinajstić information content (AvgIpc) is 2.96. The molecule has 0 aliphatic carbocycles. The van der Waals surface area contributed by atoms with Gasteiger partial charge < -0.3 is 14.7 Å². The van der Waals surface area contributed by atoms with Crippen LogP contribution in [0.25, 0.3) is 0 Å². The Bertz CT molecular complexity index is 551. The lowest BCUT2D eigenvalue weighted by atomic mass is 9.88. The second-order valence-electron chi connectivity index (χ2n) is 5.65. The fraction of sp³-hybridized carbons (Fsp3) is 0.467. The molecule has 118 valence electrons. The summed E-state index contributed by atoms with van der Waals surface area (Å²) in [6.07, 6.45) is 0.320. The third-order valence-electron chi connectivity index (χ3n) is 4.24. The van der Waals surface area contributed by atoms with E-state index in [1.807, 2.05) is 30.3 Å². The third-order valence-corrected chi connectivity index (χ3v) is 4.24. The maximum Gasteiger partial charge on any atom is 0.410 e. The quantitative estimate of drug-likeness (QED) is 0.756. The molecule has 7 nitrogen and oxygen atoms in total. The minimum absolute atomic E-state index is 0.0827. The van der Waals surface area contributed by atoms with Crippen LogP contribution in [0.2, 0.25) is 0 Å². The Hall–Kier alpha value is -2.12. The number of benzene rings is 1. The lowest BCUT2D eigenvalue weighted by Crippen LogP contribution is -2.49. The number of nitrogens with zero attached hydrogens (tertiary/aromatic N) is 1. The summed E-state index contributed by atoms with van der Waals surface area (Å²) >= 11 is 0. The molecule has 2 fully saturated rings. The van der Waals surface area contributed by atoms with Crippen LogP contribution in [0, 0.1) is 5.92 Å². The summed E-state index contributed by atoms with van der Waals surface area (Å²) in [5, 5.41) is 9.19. The number of rotatable bonds is 3. The van der Waals surface area contributed by atoms with Gasteiger partial charge in [-0.2, -0.15) is 0 Å². The van der Waals surface area contributed by atoms with Gasteiger partial charge >= 0.3 is 12.1 Å². The number of hydrogen-bond donors (Lipinski definition) is 3. The Morgan fingerprint density at radius 3 is 2.77 bits per heavy atom. The summed E-state index contributed by atoms with van der Waals surface area (Å²) in [6.45, 7) is 1.17. The first-order chi connectivity index (χ1) is 10.6. The van der Waals surface area contributed by atoms with Crippen molar-refractivity contribution in [1.29, 1.82) is 0 Å². The van der Waals surface area contributed by atoms with Crippen LogP contribution >= 0.6 is 0 Å². The van der Waals surface area contributed by atoms with Crippen molar-refractivity contribution in [3.8, 4) is 0 Å². The van der Waals surface area contributed by atoms with Gasteiger partial charge in [0.05, 0.1) is 0 Å². The van der Waals surface area contributed by atoms with Crippen LogP contribution in [0.3, 0.4) is 0 Å². The number of carboxylic acids is 1. The molecule has 22 heavy (non-hydrogen) atoms. The molecule has 1 aromatic carbocycles. The molecule has 7 heteroatoms. The van der Waals surface area contributed by atoms with Crippen LogP contribution < -0.4 is 10.9 Å². The third kappa shape index (κ3) is 3.05. The first kappa shape index (κ1) is 14.8. The van der Waals surface area contributed by atoms with Crippen LogP contribution in [0.15, 0.2) is 30.3 Å². The summed E-state index contributed by atoms with van der Waals surface area (Å²) in [6, 6.07) is 8.89. The van der Waals surface area contributed by atoms with Gasteiger partial charge in [0.1, 0.15) is 12.6 Å². The first-order valence-corrected chi connectivity index (χ1v) is 7.34. The fourth-order valence-corrected chi connectivity index (χ4v) is 3.02. The number of aliphatic carboxylic acids is 1. The van der Waals surface area contributed by atoms with Crippen molar-refractivity contribution in [3.05, 3.63) is 35.9 Å². The van der Waals surface area contributed by atoms with Crippen LogP contribution in [0.1, 0.15) is 12.0 Å². The van der Waals surface area contributed by atoms with Gasteiger partial charge in [-0.05, 0) is 12.0 Å². The highest BCUT2D eigenvalue weighted by atomic mass is 16.6. The largest absolute Gasteiger partial charge is 0.480 e. The van der Waals surface area contributed by atoms with E-state index >= 15 is 0 Å². The number of amides is 1. The van der Waals surface area contributed by atoms with E-state index in [0.717, 1.165) is 5.56 Å². The molecule has 0 radical (unpaired) electrons. The lowest BCUT2D eigenvalue weighted by Gasteiger charge is -2.34. The number of nitrogens with one attached hydrogen (secondary N) is 2. The summed E-state index contributed by atoms with van der Waals surface area (Å²) in [5.74, 6) is -1.05. The molecular formula is C15H19N3O4. The average molecular weight is 305 g/mol. The van der Waals surface area contributed by atoms with Gasteiger partial charge in [-0.1, -0.05) is 30.3 Å². The zero-order valence-corrected chi connectivity index (χ0v) is 12.1. The van der Waals surface area contributed by atoms with E-state index in [1.165, 1.54) is 0 Å². The summed E-state index contributed by atoms with van der Waals surface area (Å²) in [5.41, 5.74) is 6.71. The number of hydrogen-bond acceptors (Lipinski definition) is 5. The molecule has 1 amide bonds. The zero-order valence-electron chi connectivity index (χ0n) is 12.1. The predicted molar refractivity (Wildman–Crippen MR) is 77.8 cm³/mol. The molecule has 2 aliphatic heterocycles. The maximum absolute atomic E-state index is 12.2. The second-order valence-corrected chi connectivity index (χ2v) is 5.65. The van der Waals surface area contributed by atoms with Crippen molar-refractivity contribution < 1.29 is 19.4 Å². The summed E-state index contributed by atoms with van der Waals surface area (Å²) in [7, 11) is 0. The van der Waals surface area contributed by atoms with Crippen molar-refractivity contribution in [2.75, 3.05) is 13.1 Å². The van der Waals surface area contributed by atoms with Crippen LogP contribution in [0.5, 0.6) is 0 Å². The molecule has 0 saturated carbocycles. The number of likely N-dealkylation sites (tertiary alicyclic amines) is 1. The highest BCUT2D eigenvalue weighted by molar-refractivity contribution is 5.75. The molecule has 2 aliphatic rings. The molecule has 3 N–H and O–H groups in total. The Morgan fingerprint density at radius 2 is 2.05 bits per heavy atom. The van der Waals surface area contributed by atoms with E-state index in [0.29, 0.717) is 19.5 Å². The predicted octanol–water partition coefficient (Wildman–Crippen LogP) is 0.575. The van der Waals surface area contributed by atoms with Crippen molar-refractivity contribution in [2.45, 2.75) is 25.1 Å². The second kappa shape index (κ2) is 6.33. The first-order valence-electron chi connectivity index (χ1n) is 7.34. The van der Waals surface area contributed by atoms with E-state index in [1.54, 1.807) is 4.90 Å². The highest BCUT2D eigenvalue weighted by Crippen LogP contribution is 2.25. The monoisotopic (exact) mass is 305 g/mol. The van der Waals surface area contributed by atoms with E-state index < -0.39 is 18.1 Å². The Kier molecular flexibility index (Phi) is 4.26. The number of carbonyl (C=O) groups excluding carboxylic acids is 1. The van der Waals surface area contributed by atoms with Crippen LogP contribution in [-0.2, 0) is 16.1 Å². The van der Waals surface area contributed by atoms with Crippen molar-refractivity contribution >= 4 is 12.1 Å². The molecular weight excluding hydrogens is 286 g/mol. The van der Waals surface area contributed by atoms with Gasteiger partial charge in [-0.15, -0.1) is 0 Å². The highest BCUT2D eigenvalue weighted by Gasteiger charge is 2.44. The molecule has 0 bridgehead atoms. The molecule has 2 saturated heterocycles. The SMILES string of the molecule is O=C(O)C1NNC2CCN(C(=O)OCc3ccccc3)CC21. The van der Waals surface area contributed by atoms with Gasteiger partial charge in [0.15, 0.2) is 0 Å². The molecule has 3 rings (SSSR count). The zero-order chi connectivity index (χ0) is 15.5. The van der Waals surface area contributed by atoms with E-state index in [-0.39, 0.29) is 18.6 Å². The van der Waals surface area contributed by atoms with Gasteiger partial charge in [0.2, 0.25) is 0 Å². The van der Waals surface area contributed by atoms with Crippen molar-refractivity contribution in [3.63, 3.8) is 0 Å². The van der Waals surface area contributed by atoms with Crippen LogP contribution in [0.4, 0.5) is 4.79 Å². The molecule has 1 aromatic rings. The van der Waals surface area contributed by atoms with E-state index in [9.17, 15) is 14.7 Å². The summed E-state index contributed by atoms with van der Waals surface area (Å²) < 4.78 is 5.31. The molecule has 0 aromatic heterocycles. The number of piperidine rings is 1. The van der Waals surface area contributed by atoms with Crippen molar-refractivity contribution in [1.82, 2.24) is 15.8 Å². The molecule has 2 heterocycles. The van der Waals surface area contributed by atoms with Gasteiger partial charge in [-0.25, -0.2) is 10.2 Å². The Morgan fingerprint density at radius 1 is 1.27 bits per heavy atom. The van der Waals surface area contributed by atoms with E-state index in [2.05, 4.69) is 10.9 Å². The number of ether oxygens (including phenoxy) is 1. The molecule has 3 atom stereocenters. The minimum Gasteiger partial charge on any atom is -0.480 e. The normalized spacial score (nSPS) is 27.3. The van der Waals surface area contributed by atoms with E-state index in [4.69, 9.17) is 4.74 Å². The maximum atomic E-state index is 12.2. The topological polar surface area (TPSA) is 90.9 Å². The smallest absolute Gasteiger partial charge is 0.410 e. The Labute approximate surface area is 128 Å². The van der Waals surface area contributed by atoms with Gasteiger partial charge in [0, 0.05) is 25.0 Å². The number of carbonyl (C=O) groups is 2. The number of hydrazine groups is 1. The van der Waals surface area contributed by atoms with Crippen LogP contribution in [-0.4, -0.2) is 47.2 Å². The van der Waals surface area contributed by atoms with Gasteiger partial charge in [-0.3, -0.25) is 10.2 Å². The molecule has 0 spiro atoms. The molecule has 3 unspecified atom stereocenters. The van der Waals surface area contributed by atoms with Crippen molar-refractivity contribution in [2.24, 2.45) is 5.92 Å². The number of fused-ring (bicyclic) bond motifs is 1. The Balaban J connectivity index is 1.56. The minimum atomic E-state index is -0.903. The number of carboxylic acid groups (broad SMARTS) is 1. The lowest BCUT2D eigenvalue weighted by molar-refractivity contribution is -0.140. The standard InChI is InChI=1S/C15H19N3O4/c19-14(20)13-11-8-18(7-6-12(11)16-17-13)15(21)22-9-10-4-2-1-3-5-10/h1-5,11-13,16-17H,6-9H2,(H,19,20). The fourth-order valence-electron chi connectivity index (χ4n) is 3.02. The summed E-state index contributed by atoms with van der Waals surface area (Å²) in [4.78, 5) is 25.0.